The van der Waals surface area contributed by atoms with Gasteiger partial charge >= 0.3 is 6.09 Å². The highest BCUT2D eigenvalue weighted by atomic mass is 16.6. The molecule has 0 aliphatic heterocycles. The van der Waals surface area contributed by atoms with Crippen LogP contribution in [0.4, 0.5) is 4.79 Å². The number of rotatable bonds is 2. The zero-order valence-electron chi connectivity index (χ0n) is 12.1. The molecular formula is C15H18N2O3. The van der Waals surface area contributed by atoms with Crippen molar-refractivity contribution >= 4 is 11.9 Å². The summed E-state index contributed by atoms with van der Waals surface area (Å²) in [5.41, 5.74) is 0.609. The molecule has 0 fully saturated rings. The first-order valence-corrected chi connectivity index (χ1v) is 6.19. The summed E-state index contributed by atoms with van der Waals surface area (Å²) >= 11 is 0. The van der Waals surface area contributed by atoms with E-state index in [0.29, 0.717) is 11.1 Å². The Labute approximate surface area is 118 Å². The third kappa shape index (κ3) is 6.01. The van der Waals surface area contributed by atoms with Gasteiger partial charge in [0.1, 0.15) is 5.60 Å². The highest BCUT2D eigenvalue weighted by Crippen LogP contribution is 2.06. The Hall–Kier alpha value is -2.35. The van der Waals surface area contributed by atoms with Crippen LogP contribution in [0.1, 0.15) is 43.6 Å². The summed E-state index contributed by atoms with van der Waals surface area (Å²) < 4.78 is 5.07. The van der Waals surface area contributed by atoms with Crippen LogP contribution in [0.3, 0.4) is 0 Å². The van der Waals surface area contributed by atoms with Crippen LogP contribution in [0.25, 0.3) is 0 Å². The normalized spacial score (nSPS) is 10.2. The molecule has 1 heterocycles. The Kier molecular flexibility index (Phi) is 5.27. The number of nitrogens with zero attached hydrogens (tertiary/aromatic N) is 1. The third-order valence-corrected chi connectivity index (χ3v) is 2.10. The molecule has 0 unspecified atom stereocenters. The van der Waals surface area contributed by atoms with E-state index in [1.54, 1.807) is 33.0 Å². The SMILES string of the molecule is CC(=O)c1cncc(C#CCNC(=O)OC(C)(C)C)c1. The topological polar surface area (TPSA) is 68.3 Å². The highest BCUT2D eigenvalue weighted by Gasteiger charge is 2.14. The Morgan fingerprint density at radius 1 is 1.35 bits per heavy atom. The molecule has 1 aromatic heterocycles. The first-order chi connectivity index (χ1) is 9.28. The number of carbonyl (C=O) groups excluding carboxylic acids is 2. The van der Waals surface area contributed by atoms with Crippen LogP contribution in [0.2, 0.25) is 0 Å². The van der Waals surface area contributed by atoms with Gasteiger partial charge in [-0.05, 0) is 33.8 Å². The van der Waals surface area contributed by atoms with Crippen molar-refractivity contribution < 1.29 is 14.3 Å². The van der Waals surface area contributed by atoms with Crippen molar-refractivity contribution in [1.82, 2.24) is 10.3 Å². The number of ketones is 1. The molecule has 1 amide bonds. The number of aromatic nitrogens is 1. The van der Waals surface area contributed by atoms with E-state index in [4.69, 9.17) is 4.74 Å². The molecule has 0 radical (unpaired) electrons. The lowest BCUT2D eigenvalue weighted by molar-refractivity contribution is 0.0535. The molecule has 5 nitrogen and oxygen atoms in total. The number of alkyl carbamates (subject to hydrolysis) is 1. The fourth-order valence-corrected chi connectivity index (χ4v) is 1.28. The third-order valence-electron chi connectivity index (χ3n) is 2.10. The Morgan fingerprint density at radius 2 is 2.05 bits per heavy atom. The van der Waals surface area contributed by atoms with Crippen molar-refractivity contribution in [3.05, 3.63) is 29.6 Å². The summed E-state index contributed by atoms with van der Waals surface area (Å²) in [4.78, 5) is 26.5. The zero-order valence-corrected chi connectivity index (χ0v) is 12.1. The van der Waals surface area contributed by atoms with Crippen LogP contribution in [0.15, 0.2) is 18.5 Å². The molecule has 20 heavy (non-hydrogen) atoms. The van der Waals surface area contributed by atoms with Gasteiger partial charge in [0.15, 0.2) is 5.78 Å². The van der Waals surface area contributed by atoms with Crippen molar-refractivity contribution in [3.63, 3.8) is 0 Å². The number of Topliss-reactive ketones (excluding diaryl/α,β-unsaturated/α-hetero) is 1. The molecule has 0 spiro atoms. The molecule has 106 valence electrons. The van der Waals surface area contributed by atoms with Gasteiger partial charge in [0, 0.05) is 23.5 Å². The van der Waals surface area contributed by atoms with Crippen LogP contribution in [0.5, 0.6) is 0 Å². The summed E-state index contributed by atoms with van der Waals surface area (Å²) in [5, 5.41) is 2.52. The van der Waals surface area contributed by atoms with E-state index in [2.05, 4.69) is 22.1 Å². The summed E-state index contributed by atoms with van der Waals surface area (Å²) in [5.74, 6) is 5.53. The van der Waals surface area contributed by atoms with Crippen LogP contribution < -0.4 is 5.32 Å². The standard InChI is InChI=1S/C15H18N2O3/c1-11(18)13-8-12(9-16-10-13)6-5-7-17-14(19)20-15(2,3)4/h8-10H,7H2,1-4H3,(H,17,19). The maximum Gasteiger partial charge on any atom is 0.408 e. The molecule has 0 aromatic carbocycles. The molecule has 1 aromatic rings. The molecule has 0 aliphatic carbocycles. The molecule has 1 N–H and O–H groups in total. The van der Waals surface area contributed by atoms with E-state index in [0.717, 1.165) is 0 Å². The predicted octanol–water partition coefficient (Wildman–Crippen LogP) is 2.16. The van der Waals surface area contributed by atoms with Gasteiger partial charge in [-0.15, -0.1) is 0 Å². The van der Waals surface area contributed by atoms with Gasteiger partial charge in [0.2, 0.25) is 0 Å². The van der Waals surface area contributed by atoms with Gasteiger partial charge in [-0.25, -0.2) is 4.79 Å². The number of carbonyl (C=O) groups is 2. The maximum atomic E-state index is 11.4. The highest BCUT2D eigenvalue weighted by molar-refractivity contribution is 5.94. The number of hydrogen-bond acceptors (Lipinski definition) is 4. The molecule has 0 saturated carbocycles. The zero-order chi connectivity index (χ0) is 15.2. The van der Waals surface area contributed by atoms with E-state index < -0.39 is 11.7 Å². The van der Waals surface area contributed by atoms with Gasteiger partial charge in [0.25, 0.3) is 0 Å². The smallest absolute Gasteiger partial charge is 0.408 e. The summed E-state index contributed by atoms with van der Waals surface area (Å²) in [6, 6.07) is 1.66. The van der Waals surface area contributed by atoms with Crippen molar-refractivity contribution in [3.8, 4) is 11.8 Å². The molecular weight excluding hydrogens is 256 g/mol. The molecule has 0 bridgehead atoms. The summed E-state index contributed by atoms with van der Waals surface area (Å²) in [6.45, 7) is 7.00. The number of pyridine rings is 1. The summed E-state index contributed by atoms with van der Waals surface area (Å²) in [6.07, 6.45) is 2.54. The number of nitrogens with one attached hydrogen (secondary N) is 1. The van der Waals surface area contributed by atoms with Crippen molar-refractivity contribution in [2.45, 2.75) is 33.3 Å². The fraction of sp³-hybridized carbons (Fsp3) is 0.400. The number of amides is 1. The van der Waals surface area contributed by atoms with Gasteiger partial charge in [-0.2, -0.15) is 0 Å². The lowest BCUT2D eigenvalue weighted by Gasteiger charge is -2.18. The fourth-order valence-electron chi connectivity index (χ4n) is 1.28. The van der Waals surface area contributed by atoms with Crippen molar-refractivity contribution in [1.29, 1.82) is 0 Å². The Morgan fingerprint density at radius 3 is 2.65 bits per heavy atom. The van der Waals surface area contributed by atoms with Crippen molar-refractivity contribution in [2.75, 3.05) is 6.54 Å². The molecule has 0 saturated heterocycles. The minimum Gasteiger partial charge on any atom is -0.444 e. The minimum atomic E-state index is -0.531. The first kappa shape index (κ1) is 15.7. The monoisotopic (exact) mass is 274 g/mol. The van der Waals surface area contributed by atoms with E-state index in [1.165, 1.54) is 13.1 Å². The lowest BCUT2D eigenvalue weighted by Crippen LogP contribution is -2.32. The molecule has 5 heteroatoms. The first-order valence-electron chi connectivity index (χ1n) is 6.19. The average molecular weight is 274 g/mol. The quantitative estimate of drug-likeness (QED) is 0.663. The van der Waals surface area contributed by atoms with Gasteiger partial charge in [-0.3, -0.25) is 9.78 Å². The Balaban J connectivity index is 2.53. The maximum absolute atomic E-state index is 11.4. The second kappa shape index (κ2) is 6.71. The second-order valence-electron chi connectivity index (χ2n) is 5.18. The van der Waals surface area contributed by atoms with Crippen LogP contribution in [0, 0.1) is 11.8 Å². The van der Waals surface area contributed by atoms with E-state index in [-0.39, 0.29) is 12.3 Å². The van der Waals surface area contributed by atoms with Gasteiger partial charge in [-0.1, -0.05) is 11.8 Å². The minimum absolute atomic E-state index is 0.0620. The van der Waals surface area contributed by atoms with Crippen LogP contribution in [-0.4, -0.2) is 29.0 Å². The number of ether oxygens (including phenoxy) is 1. The molecule has 0 aliphatic rings. The molecule has 1 rings (SSSR count). The average Bonchev–Trinajstić information content (AvgIpc) is 2.33. The van der Waals surface area contributed by atoms with E-state index in [9.17, 15) is 9.59 Å². The second-order valence-corrected chi connectivity index (χ2v) is 5.18. The summed E-state index contributed by atoms with van der Waals surface area (Å²) in [7, 11) is 0. The van der Waals surface area contributed by atoms with Gasteiger partial charge in [0.05, 0.1) is 6.54 Å². The van der Waals surface area contributed by atoms with Gasteiger partial charge < -0.3 is 10.1 Å². The Bertz CT molecular complexity index is 562. The van der Waals surface area contributed by atoms with Crippen molar-refractivity contribution in [2.24, 2.45) is 0 Å². The van der Waals surface area contributed by atoms with E-state index >= 15 is 0 Å². The molecule has 0 atom stereocenters. The largest absolute Gasteiger partial charge is 0.444 e. The lowest BCUT2D eigenvalue weighted by atomic mass is 10.1. The van der Waals surface area contributed by atoms with Crippen LogP contribution in [-0.2, 0) is 4.74 Å². The number of hydrogen-bond donors (Lipinski definition) is 1. The predicted molar refractivity (Wildman–Crippen MR) is 75.4 cm³/mol. The van der Waals surface area contributed by atoms with Crippen LogP contribution >= 0.6 is 0 Å². The van der Waals surface area contributed by atoms with E-state index in [1.807, 2.05) is 0 Å².